The Balaban J connectivity index is 1.17. The van der Waals surface area contributed by atoms with Gasteiger partial charge in [-0.1, -0.05) is 101 Å². The molecule has 130 heavy (non-hydrogen) atoms. The van der Waals surface area contributed by atoms with Crippen LogP contribution in [-0.2, 0) is 115 Å². The monoisotopic (exact) mass is 1820 g/mol. The van der Waals surface area contributed by atoms with Gasteiger partial charge in [-0.15, -0.1) is 11.8 Å². The van der Waals surface area contributed by atoms with E-state index in [-0.39, 0.29) is 73.1 Å². The van der Waals surface area contributed by atoms with Gasteiger partial charge in [0, 0.05) is 74.0 Å². The smallest absolute Gasteiger partial charge is 0.303 e. The maximum Gasteiger partial charge on any atom is 0.303 e. The van der Waals surface area contributed by atoms with Gasteiger partial charge >= 0.3 is 5.97 Å². The fourth-order valence-corrected chi connectivity index (χ4v) is 14.7. The van der Waals surface area contributed by atoms with Gasteiger partial charge in [0.05, 0.1) is 30.5 Å². The summed E-state index contributed by atoms with van der Waals surface area (Å²) < 4.78 is 0. The summed E-state index contributed by atoms with van der Waals surface area (Å²) in [5.41, 5.74) is 8.26. The fraction of sp³-hybridized carbons (Fsp3) is 0.420. The minimum Gasteiger partial charge on any atom is -0.508 e. The molecule has 0 unspecified atom stereocenters. The number of hydrogen-bond acceptors (Lipinski definition) is 24. The number of H-pyrrole nitrogens is 2. The predicted molar refractivity (Wildman–Crippen MR) is 471 cm³/mol. The maximum absolute atomic E-state index is 15.1. The highest BCUT2D eigenvalue weighted by molar-refractivity contribution is 8.00. The number of fused-ring (bicyclic) bond motifs is 1. The molecule has 7 aromatic rings. The van der Waals surface area contributed by atoms with Gasteiger partial charge in [-0.05, 0) is 128 Å². The van der Waals surface area contributed by atoms with E-state index < -0.39 is 235 Å². The lowest BCUT2D eigenvalue weighted by atomic mass is 9.95. The van der Waals surface area contributed by atoms with Crippen molar-refractivity contribution in [3.05, 3.63) is 174 Å². The van der Waals surface area contributed by atoms with Crippen LogP contribution >= 0.6 is 11.8 Å². The number of phenols is 4. The number of nitrogens with zero attached hydrogens (tertiary/aromatic N) is 1. The Kier molecular flexibility index (Phi) is 37.9. The van der Waals surface area contributed by atoms with Crippen molar-refractivity contribution in [2.75, 3.05) is 18.1 Å². The molecule has 3 heterocycles. The Labute approximate surface area is 751 Å². The number of carbonyl (C=O) groups excluding carboxylic acids is 15. The Bertz CT molecular complexity index is 5120. The lowest BCUT2D eigenvalue weighted by molar-refractivity contribution is -0.139. The SMILES string of the molecule is CC[C@H](C)[C@@H]1NC(=O)[C@H](CC(C)C)NC(=O)[C@@H](Cc2ccc(O)cc2)NC(=O)CSC[C@@H](C(N)=O)NC(=O)[C@H](CO)NC(=O)[C@H](Cc2c[nH]cn2)NC(=O)[C@H](CCC(=O)O)NC(=O)[C@H](Cc2c[nH]c3ccccc23)NC(=O)[C@H](C)NC(=O)[C@H]([C@@H](C)O)NC(=O)[C@H](Cc2ccc(O)cc2)NC(=O)[C@H](Cc2ccc(O)cc2)NC(=O)[C@H](C)NC(=O)[C@H](Cc2ccc(O)cc2)NC1=O. The zero-order valence-electron chi connectivity index (χ0n) is 72.4. The number of aromatic nitrogens is 3. The first-order valence-electron chi connectivity index (χ1n) is 42.0. The van der Waals surface area contributed by atoms with Crippen molar-refractivity contribution in [1.29, 1.82) is 0 Å². The van der Waals surface area contributed by atoms with Gasteiger partial charge in [-0.2, -0.15) is 0 Å². The van der Waals surface area contributed by atoms with Crippen molar-refractivity contribution in [1.82, 2.24) is 89.4 Å². The van der Waals surface area contributed by atoms with Gasteiger partial charge in [-0.25, -0.2) is 4.98 Å². The predicted octanol–water partition coefficient (Wildman–Crippen LogP) is -2.14. The van der Waals surface area contributed by atoms with Gasteiger partial charge in [0.1, 0.15) is 108 Å². The highest BCUT2D eigenvalue weighted by Crippen LogP contribution is 2.23. The largest absolute Gasteiger partial charge is 0.508 e. The molecule has 41 nitrogen and oxygen atoms in total. The van der Waals surface area contributed by atoms with Crippen molar-refractivity contribution in [2.45, 2.75) is 203 Å². The zero-order chi connectivity index (χ0) is 95.2. The summed E-state index contributed by atoms with van der Waals surface area (Å²) in [6, 6.07) is 5.11. The first kappa shape index (κ1) is 101. The third-order valence-electron chi connectivity index (χ3n) is 21.4. The summed E-state index contributed by atoms with van der Waals surface area (Å²) in [6.45, 7) is 9.18. The molecule has 25 N–H and O–H groups in total. The third-order valence-corrected chi connectivity index (χ3v) is 22.4. The number of aromatic amines is 2. The molecule has 1 aliphatic rings. The lowest BCUT2D eigenvalue weighted by Gasteiger charge is -2.30. The number of primary amides is 1. The number of amides is 15. The number of aliphatic carboxylic acids is 1. The number of aliphatic hydroxyl groups is 2. The molecule has 0 saturated carbocycles. The van der Waals surface area contributed by atoms with Crippen molar-refractivity contribution in [3.63, 3.8) is 0 Å². The summed E-state index contributed by atoms with van der Waals surface area (Å²) in [5, 5.41) is 109. The van der Waals surface area contributed by atoms with E-state index in [4.69, 9.17) is 5.73 Å². The molecule has 0 spiro atoms. The highest BCUT2D eigenvalue weighted by Gasteiger charge is 2.40. The van der Waals surface area contributed by atoms with E-state index >= 15 is 4.79 Å². The van der Waals surface area contributed by atoms with Crippen molar-refractivity contribution < 1.29 is 112 Å². The van der Waals surface area contributed by atoms with Crippen LogP contribution in [-0.4, -0.2) is 254 Å². The van der Waals surface area contributed by atoms with Crippen molar-refractivity contribution >= 4 is 117 Å². The second-order valence-corrected chi connectivity index (χ2v) is 33.2. The quantitative estimate of drug-likeness (QED) is 0.0344. The molecule has 15 amide bonds. The van der Waals surface area contributed by atoms with Crippen LogP contribution in [0.1, 0.15) is 108 Å². The summed E-state index contributed by atoms with van der Waals surface area (Å²) in [7, 11) is 0. The van der Waals surface area contributed by atoms with Gasteiger partial charge < -0.3 is 126 Å². The molecule has 698 valence electrons. The Morgan fingerprint density at radius 2 is 0.831 bits per heavy atom. The van der Waals surface area contributed by atoms with Crippen LogP contribution in [0.4, 0.5) is 0 Å². The van der Waals surface area contributed by atoms with Gasteiger partial charge in [0.25, 0.3) is 0 Å². The zero-order valence-corrected chi connectivity index (χ0v) is 73.2. The molecule has 5 aromatic carbocycles. The standard InChI is InChI=1S/C88H112N18O23S/c1-8-45(4)73-87(128)102-64(33-50-15-23-56(110)24-16-50)79(120)93-46(5)76(117)97-65(34-51-17-25-57(111)26-18-51)81(122)100-66(35-52-19-27-58(112)28-20-52)85(126)106-74(48(7)108)88(129)94-47(6)77(118)98-67(36-53-38-91-60-12-10-9-11-59(53)60)82(123)96-61(29-30-72(114)115)78(119)101-68(37-54-39-90-43-92-54)83(124)103-69(40-107)86(127)104-70(75(89)116)41-130-42-71(113)95-63(32-49-13-21-55(109)22-14-49)80(121)99-62(31-44(2)3)84(125)105-73/h9-28,38-39,43-48,61-70,73-74,91,107-112H,8,29-37,40-42H2,1-7H3,(H2,89,116)(H,90,92)(H,93,120)(H,94,129)(H,95,113)(H,96,123)(H,97,117)(H,98,118)(H,99,121)(H,100,122)(H,101,119)(H,102,128)(H,103,124)(H,104,127)(H,105,125)(H,106,126)(H,114,115)/t45-,46-,47-,48+,61-,62-,63+,64-,65-,66-,67-,68-,69-,70-,73-,74-/m0/s1. The fourth-order valence-electron chi connectivity index (χ4n) is 13.8. The molecular formula is C88H112N18O23S. The number of carboxylic acid groups (broad SMARTS) is 1. The maximum atomic E-state index is 15.1. The molecule has 42 heteroatoms. The minimum absolute atomic E-state index is 0.0657. The topological polar surface area (TPSA) is 654 Å². The first-order chi connectivity index (χ1) is 61.7. The number of carboxylic acids is 1. The Morgan fingerprint density at radius 1 is 0.446 bits per heavy atom. The summed E-state index contributed by atoms with van der Waals surface area (Å²) >= 11 is 0.729. The van der Waals surface area contributed by atoms with E-state index in [9.17, 15) is 108 Å². The summed E-state index contributed by atoms with van der Waals surface area (Å²) in [5.74, 6) is -20.2. The number of aromatic hydroxyl groups is 4. The van der Waals surface area contributed by atoms with Crippen LogP contribution in [0.25, 0.3) is 10.9 Å². The number of phenolic OH excluding ortho intramolecular Hbond substituents is 4. The molecule has 0 radical (unpaired) electrons. The summed E-state index contributed by atoms with van der Waals surface area (Å²) in [6.07, 6.45) is -1.25. The lowest BCUT2D eigenvalue weighted by Crippen LogP contribution is -2.62. The second kappa shape index (κ2) is 48.7. The number of nitrogens with two attached hydrogens (primary N) is 1. The highest BCUT2D eigenvalue weighted by atomic mass is 32.2. The molecule has 0 bridgehead atoms. The normalized spacial score (nSPS) is 23.9. The van der Waals surface area contributed by atoms with E-state index in [0.717, 1.165) is 18.7 Å². The molecule has 1 aliphatic heterocycles. The van der Waals surface area contributed by atoms with E-state index in [1.54, 1.807) is 52.0 Å². The minimum atomic E-state index is -1.97. The molecule has 8 rings (SSSR count). The molecule has 1 saturated heterocycles. The number of thioether (sulfide) groups is 1. The Hall–Kier alpha value is -14.2. The number of rotatable bonds is 22. The van der Waals surface area contributed by atoms with E-state index in [0.29, 0.717) is 38.7 Å². The molecule has 1 fully saturated rings. The van der Waals surface area contributed by atoms with Crippen LogP contribution in [0.5, 0.6) is 23.0 Å². The second-order valence-electron chi connectivity index (χ2n) is 32.2. The van der Waals surface area contributed by atoms with Crippen LogP contribution in [0, 0.1) is 11.8 Å². The van der Waals surface area contributed by atoms with Crippen LogP contribution in [0.15, 0.2) is 140 Å². The van der Waals surface area contributed by atoms with E-state index in [1.807, 2.05) is 0 Å². The molecular weight excluding hydrogens is 1710 g/mol. The number of nitrogens with one attached hydrogen (secondary N) is 16. The number of carbonyl (C=O) groups is 16. The van der Waals surface area contributed by atoms with Gasteiger partial charge in [0.2, 0.25) is 88.6 Å². The number of hydrogen-bond donors (Lipinski definition) is 24. The Morgan fingerprint density at radius 3 is 1.28 bits per heavy atom. The van der Waals surface area contributed by atoms with Crippen LogP contribution < -0.4 is 80.2 Å². The van der Waals surface area contributed by atoms with Crippen molar-refractivity contribution in [3.8, 4) is 23.0 Å². The number of aliphatic hydroxyl groups excluding tert-OH is 2. The van der Waals surface area contributed by atoms with Gasteiger partial charge in [0.15, 0.2) is 0 Å². The number of para-hydroxylation sites is 1. The van der Waals surface area contributed by atoms with Crippen LogP contribution in [0.3, 0.4) is 0 Å². The number of benzene rings is 5. The molecule has 0 aliphatic carbocycles. The summed E-state index contributed by atoms with van der Waals surface area (Å²) in [4.78, 5) is 241. The molecule has 16 atom stereocenters. The van der Waals surface area contributed by atoms with E-state index in [2.05, 4.69) is 89.4 Å². The molecule has 2 aromatic heterocycles. The first-order valence-corrected chi connectivity index (χ1v) is 43.2. The van der Waals surface area contributed by atoms with Crippen LogP contribution in [0.2, 0.25) is 0 Å². The third kappa shape index (κ3) is 31.1. The van der Waals surface area contributed by atoms with Crippen molar-refractivity contribution in [2.24, 2.45) is 17.6 Å². The van der Waals surface area contributed by atoms with Gasteiger partial charge in [-0.3, -0.25) is 76.7 Å². The number of imidazole rings is 1. The van der Waals surface area contributed by atoms with E-state index in [1.165, 1.54) is 130 Å². The average Bonchev–Trinajstić information content (AvgIpc) is 1.71. The average molecular weight is 1820 g/mol.